The highest BCUT2D eigenvalue weighted by Crippen LogP contribution is 2.39. The third kappa shape index (κ3) is 5.67. The molecular weight excluding hydrogens is 451 g/mol. The fourth-order valence-corrected chi connectivity index (χ4v) is 5.32. The number of nitrogens with one attached hydrogen (secondary N) is 1. The average molecular weight is 474 g/mol. The molecule has 1 aliphatic heterocycles. The van der Waals surface area contributed by atoms with Crippen LogP contribution in [0.3, 0.4) is 0 Å². The number of rotatable bonds is 5. The smallest absolute Gasteiger partial charge is 0.0707 e. The summed E-state index contributed by atoms with van der Waals surface area (Å²) in [5, 5.41) is 6.43. The Bertz CT molecular complexity index is 835. The van der Waals surface area contributed by atoms with Gasteiger partial charge in [0.15, 0.2) is 0 Å². The summed E-state index contributed by atoms with van der Waals surface area (Å²) in [6, 6.07) is 21.6. The van der Waals surface area contributed by atoms with Gasteiger partial charge in [0, 0.05) is 45.9 Å². The molecule has 28 heavy (non-hydrogen) atoms. The number of halogens is 3. The number of hydrogen-bond acceptors (Lipinski definition) is 4. The molecule has 1 aliphatic rings. The third-order valence-corrected chi connectivity index (χ3v) is 6.86. The van der Waals surface area contributed by atoms with Gasteiger partial charge in [-0.1, -0.05) is 47.6 Å². The molecule has 2 nitrogen and oxygen atoms in total. The first-order chi connectivity index (χ1) is 12.8. The average Bonchev–Trinajstić information content (AvgIpc) is 3.20. The summed E-state index contributed by atoms with van der Waals surface area (Å²) in [7, 11) is 0. The quantitative estimate of drug-likeness (QED) is 0.462. The van der Waals surface area contributed by atoms with Crippen molar-refractivity contribution in [3.8, 4) is 0 Å². The lowest BCUT2D eigenvalue weighted by molar-refractivity contribution is 0.199. The van der Waals surface area contributed by atoms with Crippen molar-refractivity contribution in [2.24, 2.45) is 0 Å². The summed E-state index contributed by atoms with van der Waals surface area (Å²) in [5.74, 6) is 0. The second-order valence-corrected chi connectivity index (χ2v) is 8.83. The van der Waals surface area contributed by atoms with Gasteiger partial charge in [0.05, 0.1) is 6.04 Å². The fraction of sp³-hybridized carbons (Fsp3) is 0.238. The number of thiophene rings is 1. The van der Waals surface area contributed by atoms with Crippen molar-refractivity contribution < 1.29 is 0 Å². The molecule has 150 valence electrons. The van der Waals surface area contributed by atoms with E-state index >= 15 is 0 Å². The van der Waals surface area contributed by atoms with Crippen molar-refractivity contribution in [2.45, 2.75) is 15.8 Å². The largest absolute Gasteiger partial charge is 0.314 e. The van der Waals surface area contributed by atoms with Gasteiger partial charge in [0.2, 0.25) is 0 Å². The normalized spacial score (nSPS) is 15.3. The topological polar surface area (TPSA) is 15.3 Å². The summed E-state index contributed by atoms with van der Waals surface area (Å²) >= 11 is 9.71. The van der Waals surface area contributed by atoms with Crippen molar-refractivity contribution in [2.75, 3.05) is 26.2 Å². The molecule has 1 aromatic heterocycles. The van der Waals surface area contributed by atoms with Gasteiger partial charge in [-0.3, -0.25) is 4.90 Å². The molecular formula is C21H23Cl3N2S2. The monoisotopic (exact) mass is 472 g/mol. The summed E-state index contributed by atoms with van der Waals surface area (Å²) < 4.78 is 0. The van der Waals surface area contributed by atoms with Gasteiger partial charge in [-0.2, -0.15) is 0 Å². The van der Waals surface area contributed by atoms with Gasteiger partial charge in [-0.05, 0) is 47.3 Å². The zero-order valence-electron chi connectivity index (χ0n) is 15.2. The van der Waals surface area contributed by atoms with E-state index in [1.807, 2.05) is 35.2 Å². The lowest BCUT2D eigenvalue weighted by atomic mass is 10.0. The molecule has 0 spiro atoms. The van der Waals surface area contributed by atoms with E-state index in [1.54, 1.807) is 0 Å². The van der Waals surface area contributed by atoms with Crippen LogP contribution in [0.1, 0.15) is 16.5 Å². The highest BCUT2D eigenvalue weighted by Gasteiger charge is 2.26. The predicted octanol–water partition coefficient (Wildman–Crippen LogP) is 6.39. The molecule has 1 atom stereocenters. The van der Waals surface area contributed by atoms with Crippen LogP contribution < -0.4 is 5.32 Å². The molecule has 3 aromatic rings. The SMILES string of the molecule is Cl.Cl.Clc1ccc(Sc2ccccc2[C@@H](c2cccs2)N2CCNCC2)cc1. The Morgan fingerprint density at radius 3 is 2.32 bits per heavy atom. The Balaban J connectivity index is 0.00000140. The minimum Gasteiger partial charge on any atom is -0.314 e. The van der Waals surface area contributed by atoms with Crippen LogP contribution in [-0.4, -0.2) is 31.1 Å². The van der Waals surface area contributed by atoms with Crippen LogP contribution in [0.4, 0.5) is 0 Å². The first kappa shape index (κ1) is 23.6. The summed E-state index contributed by atoms with van der Waals surface area (Å²) in [5.41, 5.74) is 1.39. The first-order valence-corrected chi connectivity index (χ1v) is 10.9. The molecule has 7 heteroatoms. The Labute approximate surface area is 192 Å². The van der Waals surface area contributed by atoms with Gasteiger partial charge >= 0.3 is 0 Å². The van der Waals surface area contributed by atoms with E-state index in [0.29, 0.717) is 6.04 Å². The van der Waals surface area contributed by atoms with Crippen LogP contribution in [0.25, 0.3) is 0 Å². The molecule has 2 aromatic carbocycles. The maximum absolute atomic E-state index is 6.05. The lowest BCUT2D eigenvalue weighted by Crippen LogP contribution is -2.45. The Morgan fingerprint density at radius 2 is 1.64 bits per heavy atom. The molecule has 1 saturated heterocycles. The number of piperazine rings is 1. The molecule has 1 fully saturated rings. The summed E-state index contributed by atoms with van der Waals surface area (Å²) in [6.07, 6.45) is 0. The molecule has 1 N–H and O–H groups in total. The van der Waals surface area contributed by atoms with Gasteiger partial charge in [-0.25, -0.2) is 0 Å². The van der Waals surface area contributed by atoms with Gasteiger partial charge in [0.1, 0.15) is 0 Å². The van der Waals surface area contributed by atoms with E-state index in [4.69, 9.17) is 11.6 Å². The summed E-state index contributed by atoms with van der Waals surface area (Å²) in [6.45, 7) is 4.24. The number of hydrogen-bond donors (Lipinski definition) is 1. The minimum atomic E-state index is 0. The van der Waals surface area contributed by atoms with E-state index in [9.17, 15) is 0 Å². The highest BCUT2D eigenvalue weighted by atomic mass is 35.5. The van der Waals surface area contributed by atoms with E-state index in [2.05, 4.69) is 64.1 Å². The molecule has 0 unspecified atom stereocenters. The molecule has 0 saturated carbocycles. The van der Waals surface area contributed by atoms with Gasteiger partial charge in [-0.15, -0.1) is 36.2 Å². The Morgan fingerprint density at radius 1 is 0.929 bits per heavy atom. The van der Waals surface area contributed by atoms with E-state index < -0.39 is 0 Å². The van der Waals surface area contributed by atoms with Gasteiger partial charge < -0.3 is 5.32 Å². The standard InChI is InChI=1S/C21H21ClN2S2.2ClH/c22-16-7-9-17(10-8-16)26-19-5-2-1-4-18(19)21(20-6-3-15-25-20)24-13-11-23-12-14-24;;/h1-10,15,21,23H,11-14H2;2*1H/t21-;;/m0../s1. The zero-order valence-corrected chi connectivity index (χ0v) is 19.2. The molecule has 0 radical (unpaired) electrons. The molecule has 0 bridgehead atoms. The van der Waals surface area contributed by atoms with Crippen LogP contribution in [0.5, 0.6) is 0 Å². The molecule has 0 amide bonds. The molecule has 4 rings (SSSR count). The maximum atomic E-state index is 6.05. The van der Waals surface area contributed by atoms with E-state index in [-0.39, 0.29) is 24.8 Å². The zero-order chi connectivity index (χ0) is 17.8. The van der Waals surface area contributed by atoms with Crippen LogP contribution in [-0.2, 0) is 0 Å². The van der Waals surface area contributed by atoms with Gasteiger partial charge in [0.25, 0.3) is 0 Å². The minimum absolute atomic E-state index is 0. The highest BCUT2D eigenvalue weighted by molar-refractivity contribution is 7.99. The molecule has 2 heterocycles. The van der Waals surface area contributed by atoms with E-state index in [0.717, 1.165) is 31.2 Å². The lowest BCUT2D eigenvalue weighted by Gasteiger charge is -2.35. The van der Waals surface area contributed by atoms with Crippen molar-refractivity contribution in [1.82, 2.24) is 10.2 Å². The first-order valence-electron chi connectivity index (χ1n) is 8.82. The Kier molecular flexibility index (Phi) is 9.64. The van der Waals surface area contributed by atoms with Crippen molar-refractivity contribution >= 4 is 59.5 Å². The van der Waals surface area contributed by atoms with Crippen LogP contribution in [0.2, 0.25) is 5.02 Å². The number of nitrogens with zero attached hydrogens (tertiary/aromatic N) is 1. The third-order valence-electron chi connectivity index (χ3n) is 4.58. The second kappa shape index (κ2) is 11.5. The Hall–Kier alpha value is -0.720. The van der Waals surface area contributed by atoms with Crippen molar-refractivity contribution in [3.63, 3.8) is 0 Å². The van der Waals surface area contributed by atoms with Crippen molar-refractivity contribution in [3.05, 3.63) is 81.5 Å². The molecule has 0 aliphatic carbocycles. The maximum Gasteiger partial charge on any atom is 0.0707 e. The predicted molar refractivity (Wildman–Crippen MR) is 127 cm³/mol. The fourth-order valence-electron chi connectivity index (χ4n) is 3.35. The van der Waals surface area contributed by atoms with Crippen LogP contribution >= 0.6 is 59.5 Å². The van der Waals surface area contributed by atoms with Crippen LogP contribution in [0.15, 0.2) is 75.8 Å². The summed E-state index contributed by atoms with van der Waals surface area (Å²) in [4.78, 5) is 6.54. The van der Waals surface area contributed by atoms with Crippen molar-refractivity contribution in [1.29, 1.82) is 0 Å². The second-order valence-electron chi connectivity index (χ2n) is 6.30. The van der Waals surface area contributed by atoms with E-state index in [1.165, 1.54) is 20.2 Å². The number of benzene rings is 2. The van der Waals surface area contributed by atoms with Crippen LogP contribution in [0, 0.1) is 0 Å².